The molecule has 1 atom stereocenters. The lowest BCUT2D eigenvalue weighted by Gasteiger charge is -2.26. The van der Waals surface area contributed by atoms with E-state index < -0.39 is 39.1 Å². The van der Waals surface area contributed by atoms with Crippen molar-refractivity contribution in [3.05, 3.63) is 38.4 Å². The third kappa shape index (κ3) is 3.49. The number of hydrogen-bond acceptors (Lipinski definition) is 7. The molecule has 0 saturated carbocycles. The number of nitro groups is 2. The number of nitro benzene ring substituents is 2. The fourth-order valence-corrected chi connectivity index (χ4v) is 2.12. The van der Waals surface area contributed by atoms with Gasteiger partial charge in [-0.25, -0.2) is 4.79 Å². The van der Waals surface area contributed by atoms with Gasteiger partial charge in [0, 0.05) is 18.7 Å². The predicted molar refractivity (Wildman–Crippen MR) is 78.2 cm³/mol. The number of benzene rings is 1. The van der Waals surface area contributed by atoms with Gasteiger partial charge in [-0.1, -0.05) is 0 Å². The zero-order chi connectivity index (χ0) is 17.0. The van der Waals surface area contributed by atoms with Crippen molar-refractivity contribution in [3.63, 3.8) is 0 Å². The standard InChI is InChI=1S/C11H11N3O7S/c1-6(15)12(10(5-22)11(16)17)8-3-2-7(13(18)19)4-9(8)14(20)21/h2-4,10,22H,5H2,1H3,(H,16,17)/t10-/m0/s1. The Morgan fingerprint density at radius 1 is 1.32 bits per heavy atom. The van der Waals surface area contributed by atoms with Gasteiger partial charge in [-0.2, -0.15) is 12.6 Å². The Morgan fingerprint density at radius 3 is 2.27 bits per heavy atom. The zero-order valence-electron chi connectivity index (χ0n) is 11.2. The summed E-state index contributed by atoms with van der Waals surface area (Å²) in [5, 5.41) is 30.9. The molecule has 0 radical (unpaired) electrons. The second-order valence-electron chi connectivity index (χ2n) is 4.11. The average Bonchev–Trinajstić information content (AvgIpc) is 2.42. The Balaban J connectivity index is 3.55. The van der Waals surface area contributed by atoms with Crippen LogP contribution in [0.3, 0.4) is 0 Å². The first kappa shape index (κ1) is 17.4. The van der Waals surface area contributed by atoms with Gasteiger partial charge >= 0.3 is 5.97 Å². The van der Waals surface area contributed by atoms with E-state index in [0.29, 0.717) is 11.0 Å². The molecule has 1 N–H and O–H groups in total. The van der Waals surface area contributed by atoms with Crippen LogP contribution in [0.15, 0.2) is 18.2 Å². The number of carbonyl (C=O) groups excluding carboxylic acids is 1. The molecular formula is C11H11N3O7S. The highest BCUT2D eigenvalue weighted by atomic mass is 32.1. The number of thiol groups is 1. The van der Waals surface area contributed by atoms with Gasteiger partial charge in [-0.15, -0.1) is 0 Å². The van der Waals surface area contributed by atoms with E-state index >= 15 is 0 Å². The number of carbonyl (C=O) groups is 2. The smallest absolute Gasteiger partial charge is 0.327 e. The maximum absolute atomic E-state index is 11.7. The van der Waals surface area contributed by atoms with Gasteiger partial charge < -0.3 is 5.11 Å². The Hall–Kier alpha value is -2.69. The van der Waals surface area contributed by atoms with E-state index in [4.69, 9.17) is 5.11 Å². The number of non-ortho nitro benzene ring substituents is 1. The summed E-state index contributed by atoms with van der Waals surface area (Å²) >= 11 is 3.83. The zero-order valence-corrected chi connectivity index (χ0v) is 12.1. The number of carboxylic acid groups (broad SMARTS) is 1. The maximum Gasteiger partial charge on any atom is 0.327 e. The number of hydrogen-bond donors (Lipinski definition) is 2. The Morgan fingerprint density at radius 2 is 1.91 bits per heavy atom. The van der Waals surface area contributed by atoms with E-state index in [1.54, 1.807) is 0 Å². The minimum Gasteiger partial charge on any atom is -0.480 e. The molecule has 0 aliphatic heterocycles. The summed E-state index contributed by atoms with van der Waals surface area (Å²) in [6.45, 7) is 1.03. The van der Waals surface area contributed by atoms with Gasteiger partial charge in [0.25, 0.3) is 11.4 Å². The lowest BCUT2D eigenvalue weighted by molar-refractivity contribution is -0.393. The summed E-state index contributed by atoms with van der Waals surface area (Å²) in [5.74, 6) is -2.46. The molecule has 11 heteroatoms. The van der Waals surface area contributed by atoms with Gasteiger partial charge in [-0.05, 0) is 6.07 Å². The lowest BCUT2D eigenvalue weighted by Crippen LogP contribution is -2.46. The second-order valence-corrected chi connectivity index (χ2v) is 4.48. The highest BCUT2D eigenvalue weighted by Gasteiger charge is 2.33. The molecule has 0 aromatic heterocycles. The number of carboxylic acids is 1. The van der Waals surface area contributed by atoms with Crippen LogP contribution in [-0.2, 0) is 9.59 Å². The Labute approximate surface area is 129 Å². The third-order valence-corrected chi connectivity index (χ3v) is 3.08. The summed E-state index contributed by atoms with van der Waals surface area (Å²) in [7, 11) is 0. The van der Waals surface area contributed by atoms with Crippen LogP contribution >= 0.6 is 12.6 Å². The van der Waals surface area contributed by atoms with Crippen LogP contribution in [-0.4, -0.2) is 38.6 Å². The second kappa shape index (κ2) is 6.85. The highest BCUT2D eigenvalue weighted by molar-refractivity contribution is 7.80. The van der Waals surface area contributed by atoms with Crippen LogP contribution in [0.4, 0.5) is 17.1 Å². The first-order chi connectivity index (χ1) is 10.2. The van der Waals surface area contributed by atoms with Gasteiger partial charge in [0.1, 0.15) is 11.7 Å². The van der Waals surface area contributed by atoms with Crippen molar-refractivity contribution >= 4 is 41.6 Å². The van der Waals surface area contributed by atoms with Crippen molar-refractivity contribution in [2.75, 3.05) is 10.7 Å². The average molecular weight is 329 g/mol. The van der Waals surface area contributed by atoms with Crippen molar-refractivity contribution in [1.29, 1.82) is 0 Å². The number of anilines is 1. The SMILES string of the molecule is CC(=O)N(c1ccc([N+](=O)[O-])cc1[N+](=O)[O-])[C@@H](CS)C(=O)O. The summed E-state index contributed by atoms with van der Waals surface area (Å²) < 4.78 is 0. The molecule has 0 unspecified atom stereocenters. The molecule has 1 aromatic rings. The van der Waals surface area contributed by atoms with Crippen molar-refractivity contribution in [2.45, 2.75) is 13.0 Å². The van der Waals surface area contributed by atoms with Crippen LogP contribution in [0.25, 0.3) is 0 Å². The van der Waals surface area contributed by atoms with Crippen LogP contribution < -0.4 is 4.90 Å². The number of nitrogens with zero attached hydrogens (tertiary/aromatic N) is 3. The normalized spacial score (nSPS) is 11.5. The molecule has 0 saturated heterocycles. The Kier molecular flexibility index (Phi) is 5.40. The van der Waals surface area contributed by atoms with Gasteiger partial charge in [0.2, 0.25) is 5.91 Å². The van der Waals surface area contributed by atoms with E-state index in [-0.39, 0.29) is 11.4 Å². The quantitative estimate of drug-likeness (QED) is 0.454. The first-order valence-corrected chi connectivity index (χ1v) is 6.40. The maximum atomic E-state index is 11.7. The lowest BCUT2D eigenvalue weighted by atomic mass is 10.1. The molecule has 10 nitrogen and oxygen atoms in total. The van der Waals surface area contributed by atoms with E-state index in [1.165, 1.54) is 0 Å². The van der Waals surface area contributed by atoms with Crippen molar-refractivity contribution < 1.29 is 24.5 Å². The summed E-state index contributed by atoms with van der Waals surface area (Å²) in [4.78, 5) is 43.6. The molecule has 0 aliphatic rings. The van der Waals surface area contributed by atoms with E-state index in [1.807, 2.05) is 0 Å². The van der Waals surface area contributed by atoms with Gasteiger partial charge in [-0.3, -0.25) is 29.9 Å². The summed E-state index contributed by atoms with van der Waals surface area (Å²) in [5.41, 5.74) is -1.63. The summed E-state index contributed by atoms with van der Waals surface area (Å²) in [6, 6.07) is 1.15. The highest BCUT2D eigenvalue weighted by Crippen LogP contribution is 2.33. The molecule has 1 rings (SSSR count). The van der Waals surface area contributed by atoms with Gasteiger partial charge in [0.15, 0.2) is 0 Å². The van der Waals surface area contributed by atoms with Crippen LogP contribution in [0.2, 0.25) is 0 Å². The van der Waals surface area contributed by atoms with Crippen molar-refractivity contribution in [2.24, 2.45) is 0 Å². The Bertz CT molecular complexity index is 649. The molecule has 118 valence electrons. The summed E-state index contributed by atoms with van der Waals surface area (Å²) in [6.07, 6.45) is 0. The molecule has 1 amide bonds. The predicted octanol–water partition coefficient (Wildman–Crippen LogP) is 1.24. The first-order valence-electron chi connectivity index (χ1n) is 5.77. The third-order valence-electron chi connectivity index (χ3n) is 2.73. The molecule has 0 aliphatic carbocycles. The largest absolute Gasteiger partial charge is 0.480 e. The number of rotatable bonds is 6. The van der Waals surface area contributed by atoms with Crippen molar-refractivity contribution in [1.82, 2.24) is 0 Å². The number of aliphatic carboxylic acids is 1. The van der Waals surface area contributed by atoms with Crippen LogP contribution in [0.1, 0.15) is 6.92 Å². The fourth-order valence-electron chi connectivity index (χ4n) is 1.80. The molecule has 0 heterocycles. The number of amides is 1. The fraction of sp³-hybridized carbons (Fsp3) is 0.273. The van der Waals surface area contributed by atoms with Crippen molar-refractivity contribution in [3.8, 4) is 0 Å². The minimum atomic E-state index is -1.44. The molecule has 0 bridgehead atoms. The van der Waals surface area contributed by atoms with E-state index in [0.717, 1.165) is 19.1 Å². The van der Waals surface area contributed by atoms with Crippen LogP contribution in [0.5, 0.6) is 0 Å². The molecule has 1 aromatic carbocycles. The molecular weight excluding hydrogens is 318 g/mol. The van der Waals surface area contributed by atoms with Gasteiger partial charge in [0.05, 0.1) is 15.9 Å². The van der Waals surface area contributed by atoms with E-state index in [9.17, 15) is 29.8 Å². The monoisotopic (exact) mass is 329 g/mol. The van der Waals surface area contributed by atoms with Crippen LogP contribution in [0, 0.1) is 20.2 Å². The molecule has 0 fully saturated rings. The van der Waals surface area contributed by atoms with E-state index in [2.05, 4.69) is 12.6 Å². The molecule has 22 heavy (non-hydrogen) atoms. The topological polar surface area (TPSA) is 144 Å². The molecule has 0 spiro atoms. The minimum absolute atomic E-state index is 0.289.